The highest BCUT2D eigenvalue weighted by Gasteiger charge is 2.46. The first kappa shape index (κ1) is 64.8. The van der Waals surface area contributed by atoms with E-state index in [1.165, 1.54) is 6.07 Å². The second-order valence-corrected chi connectivity index (χ2v) is 20.1. The SMILES string of the molecule is CC/C=C\C/C=C\C/C=C\C/C=C\CCCCCCC(=O)OC[C@H](COP(=O)(O)OP(=O)(O)OC[C@H]1O[C@@H](n2ccc(N)nc2=O)[C@H](O)[C@@H]1O)OC(=O)CCC/C=C\C/C=C\C/C=C\C/C=C\[C@H](O)CCCC. The van der Waals surface area contributed by atoms with Crippen molar-refractivity contribution in [2.75, 3.05) is 25.6 Å². The molecule has 2 rings (SSSR count). The van der Waals surface area contributed by atoms with Gasteiger partial charge in [-0.05, 0) is 89.5 Å². The van der Waals surface area contributed by atoms with Gasteiger partial charge in [0.15, 0.2) is 12.3 Å². The minimum Gasteiger partial charge on any atom is -0.462 e. The molecule has 1 aliphatic rings. The van der Waals surface area contributed by atoms with Gasteiger partial charge in [-0.15, -0.1) is 0 Å². The van der Waals surface area contributed by atoms with Crippen molar-refractivity contribution >= 4 is 33.4 Å². The van der Waals surface area contributed by atoms with E-state index in [1.54, 1.807) is 0 Å². The van der Waals surface area contributed by atoms with Crippen LogP contribution in [0.15, 0.2) is 114 Å². The van der Waals surface area contributed by atoms with Gasteiger partial charge in [0.2, 0.25) is 0 Å². The number of phosphoric acid groups is 2. The van der Waals surface area contributed by atoms with Crippen LogP contribution in [0.5, 0.6) is 0 Å². The third-order valence-electron chi connectivity index (χ3n) is 10.7. The number of allylic oxidation sites excluding steroid dienone is 15. The van der Waals surface area contributed by atoms with Crippen LogP contribution in [-0.4, -0.2) is 96.9 Å². The molecule has 0 bridgehead atoms. The molecule has 0 spiro atoms. The molecule has 1 fully saturated rings. The Hall–Kier alpha value is -4.36. The molecule has 19 nitrogen and oxygen atoms in total. The number of esters is 2. The van der Waals surface area contributed by atoms with E-state index in [1.807, 2.05) is 48.6 Å². The maximum Gasteiger partial charge on any atom is 0.481 e. The maximum absolute atomic E-state index is 12.9. The Morgan fingerprint density at radius 2 is 1.27 bits per heavy atom. The number of carbonyl (C=O) groups is 2. The van der Waals surface area contributed by atoms with Crippen LogP contribution in [-0.2, 0) is 46.3 Å². The van der Waals surface area contributed by atoms with E-state index in [9.17, 15) is 48.6 Å². The van der Waals surface area contributed by atoms with Crippen LogP contribution in [0.4, 0.5) is 5.82 Å². The van der Waals surface area contributed by atoms with E-state index in [2.05, 4.69) is 71.8 Å². The number of aliphatic hydroxyl groups excluding tert-OH is 3. The number of aliphatic hydroxyl groups is 3. The summed E-state index contributed by atoms with van der Waals surface area (Å²) in [6, 6.07) is 1.24. The van der Waals surface area contributed by atoms with Gasteiger partial charge in [0.1, 0.15) is 30.7 Å². The second kappa shape index (κ2) is 39.1. The van der Waals surface area contributed by atoms with Crippen LogP contribution in [0.1, 0.15) is 142 Å². The van der Waals surface area contributed by atoms with Crippen LogP contribution >= 0.6 is 15.6 Å². The van der Waals surface area contributed by atoms with E-state index >= 15 is 0 Å². The normalized spacial score (nSPS) is 20.2. The molecule has 2 heterocycles. The molecule has 2 unspecified atom stereocenters. The summed E-state index contributed by atoms with van der Waals surface area (Å²) in [5.41, 5.74) is 4.57. The zero-order chi connectivity index (χ0) is 53.6. The Morgan fingerprint density at radius 3 is 1.88 bits per heavy atom. The number of nitrogen functional groups attached to an aromatic ring is 1. The van der Waals surface area contributed by atoms with E-state index in [0.717, 1.165) is 94.2 Å². The molecule has 8 atom stereocenters. The minimum atomic E-state index is -5.45. The third-order valence-corrected chi connectivity index (χ3v) is 13.3. The van der Waals surface area contributed by atoms with Crippen LogP contribution in [0.25, 0.3) is 0 Å². The van der Waals surface area contributed by atoms with Crippen molar-refractivity contribution in [3.63, 3.8) is 0 Å². The summed E-state index contributed by atoms with van der Waals surface area (Å²) in [5, 5.41) is 30.8. The van der Waals surface area contributed by atoms with Crippen LogP contribution in [0.2, 0.25) is 0 Å². The van der Waals surface area contributed by atoms with Gasteiger partial charge in [0.25, 0.3) is 0 Å². The minimum absolute atomic E-state index is 0.0541. The molecule has 0 saturated carbocycles. The smallest absolute Gasteiger partial charge is 0.462 e. The molecule has 0 amide bonds. The summed E-state index contributed by atoms with van der Waals surface area (Å²) in [6.07, 6.45) is 39.7. The third kappa shape index (κ3) is 31.9. The largest absolute Gasteiger partial charge is 0.481 e. The van der Waals surface area contributed by atoms with Gasteiger partial charge in [-0.2, -0.15) is 9.29 Å². The highest BCUT2D eigenvalue weighted by Crippen LogP contribution is 2.60. The number of carbonyl (C=O) groups excluding carboxylic acids is 2. The summed E-state index contributed by atoms with van der Waals surface area (Å²) in [5.74, 6) is -1.43. The number of hydrogen-bond donors (Lipinski definition) is 6. The fourth-order valence-electron chi connectivity index (χ4n) is 6.78. The van der Waals surface area contributed by atoms with E-state index in [0.29, 0.717) is 25.7 Å². The molecule has 0 radical (unpaired) electrons. The summed E-state index contributed by atoms with van der Waals surface area (Å²) < 4.78 is 56.7. The number of unbranched alkanes of at least 4 members (excludes halogenated alkanes) is 6. The molecule has 0 aliphatic carbocycles. The molecular formula is C52H81N3O16P2. The van der Waals surface area contributed by atoms with Gasteiger partial charge in [0.05, 0.1) is 19.3 Å². The average Bonchev–Trinajstić information content (AvgIpc) is 3.62. The topological polar surface area (TPSA) is 286 Å². The van der Waals surface area contributed by atoms with Crippen LogP contribution in [0.3, 0.4) is 0 Å². The van der Waals surface area contributed by atoms with E-state index in [4.69, 9.17) is 29.0 Å². The predicted octanol–water partition coefficient (Wildman–Crippen LogP) is 9.41. The molecule has 1 saturated heterocycles. The Bertz CT molecular complexity index is 2120. The molecular weight excluding hydrogens is 985 g/mol. The molecule has 1 aromatic heterocycles. The van der Waals surface area contributed by atoms with Crippen molar-refractivity contribution in [2.24, 2.45) is 0 Å². The number of rotatable bonds is 40. The number of aromatic nitrogens is 2. The first-order valence-electron chi connectivity index (χ1n) is 25.3. The highest BCUT2D eigenvalue weighted by molar-refractivity contribution is 7.61. The zero-order valence-corrected chi connectivity index (χ0v) is 44.3. The maximum atomic E-state index is 12.9. The Morgan fingerprint density at radius 1 is 0.726 bits per heavy atom. The monoisotopic (exact) mass is 1070 g/mol. The van der Waals surface area contributed by atoms with Gasteiger partial charge >= 0.3 is 33.3 Å². The number of hydrogen-bond acceptors (Lipinski definition) is 16. The molecule has 0 aromatic carbocycles. The number of nitrogens with two attached hydrogens (primary N) is 1. The molecule has 21 heteroatoms. The lowest BCUT2D eigenvalue weighted by Gasteiger charge is -2.21. The molecule has 1 aromatic rings. The Balaban J connectivity index is 1.85. The van der Waals surface area contributed by atoms with E-state index < -0.39 is 89.8 Å². The quantitative estimate of drug-likeness (QED) is 0.0154. The van der Waals surface area contributed by atoms with Crippen molar-refractivity contribution < 1.29 is 71.4 Å². The lowest BCUT2D eigenvalue weighted by molar-refractivity contribution is -0.161. The summed E-state index contributed by atoms with van der Waals surface area (Å²) in [4.78, 5) is 61.9. The molecule has 7 N–H and O–H groups in total. The summed E-state index contributed by atoms with van der Waals surface area (Å²) in [7, 11) is -10.9. The number of phosphoric ester groups is 2. The molecule has 410 valence electrons. The summed E-state index contributed by atoms with van der Waals surface area (Å²) in [6.45, 7) is 1.79. The average molecular weight is 1070 g/mol. The number of anilines is 1. The second-order valence-electron chi connectivity index (χ2n) is 17.1. The van der Waals surface area contributed by atoms with E-state index in [-0.39, 0.29) is 18.7 Å². The lowest BCUT2D eigenvalue weighted by atomic mass is 10.1. The first-order valence-corrected chi connectivity index (χ1v) is 28.3. The highest BCUT2D eigenvalue weighted by atomic mass is 31.3. The van der Waals surface area contributed by atoms with Gasteiger partial charge in [-0.25, -0.2) is 13.9 Å². The molecule has 1 aliphatic heterocycles. The van der Waals surface area contributed by atoms with Gasteiger partial charge < -0.3 is 45.1 Å². The predicted molar refractivity (Wildman–Crippen MR) is 281 cm³/mol. The van der Waals surface area contributed by atoms with Gasteiger partial charge in [-0.3, -0.25) is 23.2 Å². The van der Waals surface area contributed by atoms with Crippen molar-refractivity contribution in [1.29, 1.82) is 0 Å². The lowest BCUT2D eigenvalue weighted by Crippen LogP contribution is -2.36. The van der Waals surface area contributed by atoms with Crippen molar-refractivity contribution in [3.8, 4) is 0 Å². The van der Waals surface area contributed by atoms with Crippen molar-refractivity contribution in [3.05, 3.63) is 120 Å². The van der Waals surface area contributed by atoms with Crippen LogP contribution in [0, 0.1) is 0 Å². The Kier molecular flexibility index (Phi) is 34.7. The van der Waals surface area contributed by atoms with Crippen molar-refractivity contribution in [2.45, 2.75) is 173 Å². The fourth-order valence-corrected chi connectivity index (χ4v) is 8.89. The zero-order valence-electron chi connectivity index (χ0n) is 42.5. The number of nitrogens with zero attached hydrogens (tertiary/aromatic N) is 2. The van der Waals surface area contributed by atoms with Crippen molar-refractivity contribution in [1.82, 2.24) is 9.55 Å². The first-order chi connectivity index (χ1) is 35.1. The fraction of sp³-hybridized carbons (Fsp3) is 0.577. The van der Waals surface area contributed by atoms with Gasteiger partial charge in [0, 0.05) is 19.0 Å². The van der Waals surface area contributed by atoms with Crippen LogP contribution < -0.4 is 11.4 Å². The van der Waals surface area contributed by atoms with Gasteiger partial charge in [-0.1, -0.05) is 137 Å². The standard InChI is InChI=1S/C52H81N3O16P2/c1-3-5-7-8-9-10-11-12-13-14-15-16-20-23-26-29-32-36-47(57)66-40-44(69-48(58)37-33-30-27-24-21-18-17-19-22-25-28-31-35-43(56)34-6-4-2)41-67-72(62,63)71-73(64,65)68-42-45-49(59)50(60)51(70-45)55-39-38-46(53)54-52(55)61/h5,7,9-10,12-13,15-18,22,24-25,27,31,35,38-39,43-45,49-51,56,59-60H,3-4,6,8,11,14,19-21,23,26,28-30,32-34,36-37,40-42H2,1-2H3,(H,62,63)(H,64,65)(H2,53,54,61)/b7-5-,10-9-,13-12-,16-15-,18-17-,25-22-,27-24-,35-31-/t43-,44-,45-,49-,50-,51-/m1/s1. The number of ether oxygens (including phenoxy) is 3. The molecule has 73 heavy (non-hydrogen) atoms. The Labute approximate surface area is 431 Å². The summed E-state index contributed by atoms with van der Waals surface area (Å²) >= 11 is 0.